The summed E-state index contributed by atoms with van der Waals surface area (Å²) in [5.41, 5.74) is 0.829. The first-order valence-electron chi connectivity index (χ1n) is 10.5. The van der Waals surface area contributed by atoms with Crippen LogP contribution in [0.2, 0.25) is 0 Å². The lowest BCUT2D eigenvalue weighted by Crippen LogP contribution is -2.44. The molecule has 0 spiro atoms. The van der Waals surface area contributed by atoms with Crippen LogP contribution in [0.3, 0.4) is 0 Å². The number of ether oxygens (including phenoxy) is 1. The number of benzene rings is 2. The predicted molar refractivity (Wildman–Crippen MR) is 131 cm³/mol. The van der Waals surface area contributed by atoms with Crippen molar-refractivity contribution in [3.8, 4) is 0 Å². The van der Waals surface area contributed by atoms with Crippen molar-refractivity contribution in [2.45, 2.75) is 18.0 Å². The maximum atomic E-state index is 13.3. The van der Waals surface area contributed by atoms with E-state index in [1.807, 2.05) is 47.8 Å². The molecule has 33 heavy (non-hydrogen) atoms. The van der Waals surface area contributed by atoms with Crippen LogP contribution < -0.4 is 0 Å². The second-order valence-electron chi connectivity index (χ2n) is 7.37. The van der Waals surface area contributed by atoms with Gasteiger partial charge in [0.2, 0.25) is 11.8 Å². The number of nitrogens with zero attached hydrogens (tertiary/aromatic N) is 2. The average Bonchev–Trinajstić information content (AvgIpc) is 3.35. The van der Waals surface area contributed by atoms with Gasteiger partial charge in [-0.15, -0.1) is 23.1 Å². The van der Waals surface area contributed by atoms with E-state index in [0.29, 0.717) is 26.2 Å². The summed E-state index contributed by atoms with van der Waals surface area (Å²) in [6.45, 7) is 1.41. The highest BCUT2D eigenvalue weighted by atomic mass is 32.2. The van der Waals surface area contributed by atoms with Gasteiger partial charge in [0.05, 0.1) is 25.4 Å². The van der Waals surface area contributed by atoms with E-state index in [-0.39, 0.29) is 29.9 Å². The van der Waals surface area contributed by atoms with Gasteiger partial charge in [0.25, 0.3) is 0 Å². The zero-order chi connectivity index (χ0) is 23.5. The van der Waals surface area contributed by atoms with Gasteiger partial charge in [-0.05, 0) is 41.3 Å². The highest BCUT2D eigenvalue weighted by Crippen LogP contribution is 2.18. The van der Waals surface area contributed by atoms with Crippen molar-refractivity contribution in [1.29, 1.82) is 0 Å². The van der Waals surface area contributed by atoms with Gasteiger partial charge < -0.3 is 14.5 Å². The molecule has 0 atom stereocenters. The maximum absolute atomic E-state index is 13.3. The molecule has 3 aromatic rings. The van der Waals surface area contributed by atoms with E-state index in [2.05, 4.69) is 0 Å². The van der Waals surface area contributed by atoms with Crippen molar-refractivity contribution >= 4 is 34.9 Å². The third kappa shape index (κ3) is 8.31. The molecule has 2 aromatic carbocycles. The van der Waals surface area contributed by atoms with E-state index in [1.54, 1.807) is 40.4 Å². The quantitative estimate of drug-likeness (QED) is 0.349. The highest BCUT2D eigenvalue weighted by Gasteiger charge is 2.22. The second-order valence-corrected chi connectivity index (χ2v) is 9.45. The van der Waals surface area contributed by atoms with Crippen LogP contribution in [0.1, 0.15) is 10.4 Å². The average molecular weight is 487 g/mol. The first-order chi connectivity index (χ1) is 16.0. The van der Waals surface area contributed by atoms with Crippen LogP contribution >= 0.6 is 23.1 Å². The fourth-order valence-corrected chi connectivity index (χ4v) is 4.68. The molecule has 0 aliphatic rings. The lowest BCUT2D eigenvalue weighted by Gasteiger charge is -2.27. The number of methoxy groups -OCH3 is 1. The van der Waals surface area contributed by atoms with Gasteiger partial charge in [0.1, 0.15) is 5.82 Å². The summed E-state index contributed by atoms with van der Waals surface area (Å²) in [5.74, 6) is -0.361. The standard InChI is InChI=1S/C25H27FN2O3S2/c1-31-14-13-27(25(30)19-33-22-6-3-2-4-7-22)18-24(29)28(17-23-8-5-15-32-23)16-20-9-11-21(26)12-10-20/h2-12,15H,13-14,16-19H2,1H3. The number of carbonyl (C=O) groups is 2. The predicted octanol–water partition coefficient (Wildman–Crippen LogP) is 4.68. The molecule has 2 amide bonds. The van der Waals surface area contributed by atoms with Crippen molar-refractivity contribution in [3.05, 3.63) is 88.4 Å². The van der Waals surface area contributed by atoms with E-state index < -0.39 is 0 Å². The monoisotopic (exact) mass is 486 g/mol. The molecule has 0 radical (unpaired) electrons. The highest BCUT2D eigenvalue weighted by molar-refractivity contribution is 8.00. The SMILES string of the molecule is COCCN(CC(=O)N(Cc1ccc(F)cc1)Cc1cccs1)C(=O)CSc1ccccc1. The van der Waals surface area contributed by atoms with Crippen LogP contribution in [0.15, 0.2) is 77.0 Å². The number of thiophene rings is 1. The van der Waals surface area contributed by atoms with Crippen molar-refractivity contribution in [2.24, 2.45) is 0 Å². The molecule has 0 fully saturated rings. The second kappa shape index (κ2) is 13.1. The number of halogens is 1. The normalized spacial score (nSPS) is 10.7. The summed E-state index contributed by atoms with van der Waals surface area (Å²) in [5, 5.41) is 1.96. The maximum Gasteiger partial charge on any atom is 0.242 e. The Balaban J connectivity index is 1.69. The fourth-order valence-electron chi connectivity index (χ4n) is 3.14. The molecule has 174 valence electrons. The number of hydrogen-bond acceptors (Lipinski definition) is 5. The Morgan fingerprint density at radius 1 is 0.939 bits per heavy atom. The molecule has 0 aliphatic carbocycles. The van der Waals surface area contributed by atoms with Gasteiger partial charge in [-0.2, -0.15) is 0 Å². The van der Waals surface area contributed by atoms with Crippen LogP contribution in [0.4, 0.5) is 4.39 Å². The van der Waals surface area contributed by atoms with Crippen LogP contribution in [0.5, 0.6) is 0 Å². The summed E-state index contributed by atoms with van der Waals surface area (Å²) >= 11 is 3.01. The third-order valence-corrected chi connectivity index (χ3v) is 6.77. The minimum absolute atomic E-state index is 0.0376. The summed E-state index contributed by atoms with van der Waals surface area (Å²) < 4.78 is 18.5. The Bertz CT molecular complexity index is 998. The van der Waals surface area contributed by atoms with Gasteiger partial charge in [-0.25, -0.2) is 4.39 Å². The Hall–Kier alpha value is -2.68. The van der Waals surface area contributed by atoms with Crippen molar-refractivity contribution in [1.82, 2.24) is 9.80 Å². The lowest BCUT2D eigenvalue weighted by atomic mass is 10.2. The van der Waals surface area contributed by atoms with E-state index in [9.17, 15) is 14.0 Å². The number of carbonyl (C=O) groups excluding carboxylic acids is 2. The third-order valence-electron chi connectivity index (χ3n) is 4.92. The van der Waals surface area contributed by atoms with E-state index >= 15 is 0 Å². The topological polar surface area (TPSA) is 49.9 Å². The molecule has 1 aromatic heterocycles. The van der Waals surface area contributed by atoms with Crippen LogP contribution in [-0.2, 0) is 27.4 Å². The number of rotatable bonds is 12. The van der Waals surface area contributed by atoms with Crippen LogP contribution in [-0.4, -0.2) is 54.2 Å². The largest absolute Gasteiger partial charge is 0.383 e. The minimum Gasteiger partial charge on any atom is -0.383 e. The lowest BCUT2D eigenvalue weighted by molar-refractivity contribution is -0.140. The van der Waals surface area contributed by atoms with Crippen LogP contribution in [0.25, 0.3) is 0 Å². The Morgan fingerprint density at radius 2 is 1.70 bits per heavy atom. The summed E-state index contributed by atoms with van der Waals surface area (Å²) in [6, 6.07) is 19.7. The molecule has 0 bridgehead atoms. The molecular weight excluding hydrogens is 459 g/mol. The van der Waals surface area contributed by atoms with Crippen molar-refractivity contribution in [2.75, 3.05) is 32.6 Å². The molecule has 0 unspecified atom stereocenters. The van der Waals surface area contributed by atoms with Crippen molar-refractivity contribution < 1.29 is 18.7 Å². The van der Waals surface area contributed by atoms with E-state index in [4.69, 9.17) is 4.74 Å². The molecule has 0 saturated carbocycles. The molecule has 1 heterocycles. The molecule has 3 rings (SSSR count). The summed E-state index contributed by atoms with van der Waals surface area (Å²) in [6.07, 6.45) is 0. The van der Waals surface area contributed by atoms with Gasteiger partial charge in [-0.3, -0.25) is 9.59 Å². The molecule has 8 heteroatoms. The van der Waals surface area contributed by atoms with E-state index in [1.165, 1.54) is 23.9 Å². The molecule has 0 N–H and O–H groups in total. The van der Waals surface area contributed by atoms with Gasteiger partial charge >= 0.3 is 0 Å². The van der Waals surface area contributed by atoms with Crippen LogP contribution in [0, 0.1) is 5.82 Å². The van der Waals surface area contributed by atoms with Gasteiger partial charge in [-0.1, -0.05) is 36.4 Å². The first kappa shape index (κ1) is 25.0. The Labute approximate surface area is 202 Å². The molecular formula is C25H27FN2O3S2. The molecule has 0 aliphatic heterocycles. The fraction of sp³-hybridized carbons (Fsp3) is 0.280. The first-order valence-corrected chi connectivity index (χ1v) is 12.4. The van der Waals surface area contributed by atoms with Gasteiger partial charge in [0, 0.05) is 30.0 Å². The number of amides is 2. The van der Waals surface area contributed by atoms with Crippen molar-refractivity contribution in [3.63, 3.8) is 0 Å². The molecule has 5 nitrogen and oxygen atoms in total. The Kier molecular flexibility index (Phi) is 9.93. The van der Waals surface area contributed by atoms with E-state index in [0.717, 1.165) is 15.3 Å². The zero-order valence-electron chi connectivity index (χ0n) is 18.5. The summed E-state index contributed by atoms with van der Waals surface area (Å²) in [4.78, 5) is 31.5. The smallest absolute Gasteiger partial charge is 0.242 e. The molecule has 0 saturated heterocycles. The van der Waals surface area contributed by atoms with Gasteiger partial charge in [0.15, 0.2) is 0 Å². The number of thioether (sulfide) groups is 1. The zero-order valence-corrected chi connectivity index (χ0v) is 20.1. The summed E-state index contributed by atoms with van der Waals surface area (Å²) in [7, 11) is 1.57. The minimum atomic E-state index is -0.317. The number of hydrogen-bond donors (Lipinski definition) is 0. The Morgan fingerprint density at radius 3 is 2.36 bits per heavy atom.